The summed E-state index contributed by atoms with van der Waals surface area (Å²) in [4.78, 5) is -0.454. The van der Waals surface area contributed by atoms with Gasteiger partial charge in [-0.3, -0.25) is 0 Å². The molecule has 0 saturated carbocycles. The van der Waals surface area contributed by atoms with Crippen LogP contribution in [0.3, 0.4) is 0 Å². The highest BCUT2D eigenvalue weighted by Crippen LogP contribution is 2.13. The van der Waals surface area contributed by atoms with Crippen molar-refractivity contribution in [2.24, 2.45) is 0 Å². The molecular weight excluding hydrogens is 276 g/mol. The zero-order chi connectivity index (χ0) is 14.5. The van der Waals surface area contributed by atoms with Gasteiger partial charge in [0.15, 0.2) is 0 Å². The van der Waals surface area contributed by atoms with Crippen LogP contribution in [0.5, 0.6) is 0 Å². The van der Waals surface area contributed by atoms with Gasteiger partial charge in [0.05, 0.1) is 18.1 Å². The van der Waals surface area contributed by atoms with E-state index in [9.17, 15) is 17.2 Å². The van der Waals surface area contributed by atoms with Crippen molar-refractivity contribution in [2.45, 2.75) is 11.8 Å². The molecule has 0 bridgehead atoms. The van der Waals surface area contributed by atoms with Crippen LogP contribution >= 0.6 is 0 Å². The molecule has 19 heavy (non-hydrogen) atoms. The van der Waals surface area contributed by atoms with Crippen LogP contribution in [-0.4, -0.2) is 28.2 Å². The molecule has 1 rings (SSSR count). The van der Waals surface area contributed by atoms with Crippen LogP contribution in [0.2, 0.25) is 0 Å². The van der Waals surface area contributed by atoms with E-state index in [0.29, 0.717) is 12.7 Å². The maximum Gasteiger partial charge on any atom is 0.240 e. The van der Waals surface area contributed by atoms with Gasteiger partial charge in [-0.25, -0.2) is 21.9 Å². The van der Waals surface area contributed by atoms with Gasteiger partial charge < -0.3 is 4.74 Å². The minimum atomic E-state index is -3.94. The Kier molecular flexibility index (Phi) is 5.59. The Balaban J connectivity index is 2.58. The number of benzene rings is 1. The standard InChI is InChI=1S/C12H15F2NO3S/c1-9(2)8-18-4-3-15-19(16,17)12-6-10(13)5-11(14)7-12/h5-7,15H,1,3-4,8H2,2H3. The maximum atomic E-state index is 12.9. The lowest BCUT2D eigenvalue weighted by Crippen LogP contribution is -2.27. The van der Waals surface area contributed by atoms with E-state index in [1.54, 1.807) is 6.92 Å². The first-order valence-corrected chi connectivity index (χ1v) is 6.97. The van der Waals surface area contributed by atoms with Crippen molar-refractivity contribution in [1.29, 1.82) is 0 Å². The maximum absolute atomic E-state index is 12.9. The zero-order valence-corrected chi connectivity index (χ0v) is 11.3. The minimum absolute atomic E-state index is 0.00768. The Hall–Kier alpha value is -1.31. The Morgan fingerprint density at radius 3 is 2.42 bits per heavy atom. The smallest absolute Gasteiger partial charge is 0.240 e. The first-order valence-electron chi connectivity index (χ1n) is 5.49. The summed E-state index contributed by atoms with van der Waals surface area (Å²) in [6.45, 7) is 5.88. The lowest BCUT2D eigenvalue weighted by atomic mass is 10.3. The molecule has 0 aliphatic rings. The molecule has 0 fully saturated rings. The Bertz CT molecular complexity index is 538. The quantitative estimate of drug-likeness (QED) is 0.616. The summed E-state index contributed by atoms with van der Waals surface area (Å²) in [6, 6.07) is 2.11. The summed E-state index contributed by atoms with van der Waals surface area (Å²) in [5, 5.41) is 0. The van der Waals surface area contributed by atoms with E-state index in [1.165, 1.54) is 0 Å². The Labute approximate surface area is 111 Å². The van der Waals surface area contributed by atoms with Gasteiger partial charge in [-0.05, 0) is 19.1 Å². The molecule has 0 spiro atoms. The highest BCUT2D eigenvalue weighted by atomic mass is 32.2. The fourth-order valence-corrected chi connectivity index (χ4v) is 2.32. The molecule has 0 aliphatic carbocycles. The minimum Gasteiger partial charge on any atom is -0.376 e. The molecular formula is C12H15F2NO3S. The summed E-state index contributed by atoms with van der Waals surface area (Å²) < 4.78 is 56.6. The first kappa shape index (κ1) is 15.7. The van der Waals surface area contributed by atoms with Gasteiger partial charge in [0.2, 0.25) is 10.0 Å². The van der Waals surface area contributed by atoms with Crippen molar-refractivity contribution in [3.63, 3.8) is 0 Å². The molecule has 1 aromatic carbocycles. The highest BCUT2D eigenvalue weighted by molar-refractivity contribution is 7.89. The number of sulfonamides is 1. The van der Waals surface area contributed by atoms with E-state index in [0.717, 1.165) is 17.7 Å². The van der Waals surface area contributed by atoms with Crippen molar-refractivity contribution < 1.29 is 21.9 Å². The predicted octanol–water partition coefficient (Wildman–Crippen LogP) is 1.84. The number of hydrogen-bond acceptors (Lipinski definition) is 3. The van der Waals surface area contributed by atoms with E-state index in [4.69, 9.17) is 4.74 Å². The van der Waals surface area contributed by atoms with Crippen molar-refractivity contribution in [3.8, 4) is 0 Å². The van der Waals surface area contributed by atoms with Gasteiger partial charge in [-0.2, -0.15) is 0 Å². The average molecular weight is 291 g/mol. The molecule has 1 N–H and O–H groups in total. The molecule has 0 unspecified atom stereocenters. The third-order valence-corrected chi connectivity index (χ3v) is 3.47. The van der Waals surface area contributed by atoms with E-state index < -0.39 is 26.6 Å². The first-order chi connectivity index (χ1) is 8.81. The van der Waals surface area contributed by atoms with Crippen molar-refractivity contribution in [2.75, 3.05) is 19.8 Å². The molecule has 106 valence electrons. The van der Waals surface area contributed by atoms with Gasteiger partial charge >= 0.3 is 0 Å². The van der Waals surface area contributed by atoms with Crippen LogP contribution in [0.25, 0.3) is 0 Å². The Morgan fingerprint density at radius 1 is 1.32 bits per heavy atom. The molecule has 0 saturated heterocycles. The fraction of sp³-hybridized carbons (Fsp3) is 0.333. The topological polar surface area (TPSA) is 55.4 Å². The van der Waals surface area contributed by atoms with E-state index in [-0.39, 0.29) is 13.2 Å². The molecule has 4 nitrogen and oxygen atoms in total. The van der Waals surface area contributed by atoms with Crippen molar-refractivity contribution >= 4 is 10.0 Å². The lowest BCUT2D eigenvalue weighted by molar-refractivity contribution is 0.162. The number of halogens is 2. The van der Waals surface area contributed by atoms with Gasteiger partial charge in [-0.15, -0.1) is 0 Å². The van der Waals surface area contributed by atoms with Gasteiger partial charge in [0.1, 0.15) is 11.6 Å². The van der Waals surface area contributed by atoms with Crippen LogP contribution in [-0.2, 0) is 14.8 Å². The second kappa shape index (κ2) is 6.74. The number of nitrogens with one attached hydrogen (secondary N) is 1. The van der Waals surface area contributed by atoms with Gasteiger partial charge in [0, 0.05) is 12.6 Å². The number of rotatable bonds is 7. The average Bonchev–Trinajstić information content (AvgIpc) is 2.26. The van der Waals surface area contributed by atoms with Crippen LogP contribution < -0.4 is 4.72 Å². The predicted molar refractivity (Wildman–Crippen MR) is 67.2 cm³/mol. The van der Waals surface area contributed by atoms with E-state index in [1.807, 2.05) is 0 Å². The molecule has 0 atom stereocenters. The van der Waals surface area contributed by atoms with Gasteiger partial charge in [-0.1, -0.05) is 12.2 Å². The SMILES string of the molecule is C=C(C)COCCNS(=O)(=O)c1cc(F)cc(F)c1. The van der Waals surface area contributed by atoms with Crippen LogP contribution in [0.4, 0.5) is 8.78 Å². The molecule has 0 amide bonds. The second-order valence-corrected chi connectivity index (χ2v) is 5.78. The molecule has 0 radical (unpaired) electrons. The summed E-state index contributed by atoms with van der Waals surface area (Å²) in [7, 11) is -3.94. The van der Waals surface area contributed by atoms with Crippen molar-refractivity contribution in [3.05, 3.63) is 42.0 Å². The van der Waals surface area contributed by atoms with E-state index in [2.05, 4.69) is 11.3 Å². The Morgan fingerprint density at radius 2 is 1.89 bits per heavy atom. The number of hydrogen-bond donors (Lipinski definition) is 1. The molecule has 0 aromatic heterocycles. The monoisotopic (exact) mass is 291 g/mol. The van der Waals surface area contributed by atoms with Crippen LogP contribution in [0, 0.1) is 11.6 Å². The summed E-state index contributed by atoms with van der Waals surface area (Å²) in [6.07, 6.45) is 0. The molecule has 0 aliphatic heterocycles. The van der Waals surface area contributed by atoms with Crippen LogP contribution in [0.15, 0.2) is 35.2 Å². The third-order valence-electron chi connectivity index (χ3n) is 2.03. The van der Waals surface area contributed by atoms with E-state index >= 15 is 0 Å². The lowest BCUT2D eigenvalue weighted by Gasteiger charge is -2.07. The normalized spacial score (nSPS) is 11.5. The zero-order valence-electron chi connectivity index (χ0n) is 10.4. The van der Waals surface area contributed by atoms with Gasteiger partial charge in [0.25, 0.3) is 0 Å². The summed E-state index contributed by atoms with van der Waals surface area (Å²) in [5.41, 5.74) is 0.815. The largest absolute Gasteiger partial charge is 0.376 e. The molecule has 1 aromatic rings. The molecule has 7 heteroatoms. The van der Waals surface area contributed by atoms with Crippen LogP contribution in [0.1, 0.15) is 6.92 Å². The summed E-state index contributed by atoms with van der Waals surface area (Å²) in [5.74, 6) is -1.89. The highest BCUT2D eigenvalue weighted by Gasteiger charge is 2.15. The number of ether oxygens (including phenoxy) is 1. The molecule has 0 heterocycles. The van der Waals surface area contributed by atoms with Crippen molar-refractivity contribution in [1.82, 2.24) is 4.72 Å². The second-order valence-electron chi connectivity index (χ2n) is 4.01. The third kappa shape index (κ3) is 5.46. The fourth-order valence-electron chi connectivity index (χ4n) is 1.26. The summed E-state index contributed by atoms with van der Waals surface area (Å²) >= 11 is 0.